The molecule has 0 saturated heterocycles. The van der Waals surface area contributed by atoms with Crippen LogP contribution in [0.15, 0.2) is 36.5 Å². The van der Waals surface area contributed by atoms with E-state index in [1.165, 1.54) is 13.2 Å². The Morgan fingerprint density at radius 2 is 2.00 bits per heavy atom. The van der Waals surface area contributed by atoms with Crippen LogP contribution in [0.3, 0.4) is 0 Å². The van der Waals surface area contributed by atoms with Gasteiger partial charge in [-0.05, 0) is 25.1 Å². The number of aromatic nitrogens is 1. The second-order valence-electron chi connectivity index (χ2n) is 3.48. The molecule has 1 aromatic carbocycles. The van der Waals surface area contributed by atoms with Crippen LogP contribution in [0.1, 0.15) is 5.69 Å². The first-order valence-electron chi connectivity index (χ1n) is 4.98. The number of hydrogen-bond donors (Lipinski definition) is 0. The van der Waals surface area contributed by atoms with Gasteiger partial charge in [0, 0.05) is 29.1 Å². The molecule has 0 aliphatic carbocycles. The lowest BCUT2D eigenvalue weighted by Gasteiger charge is -2.07. The van der Waals surface area contributed by atoms with Gasteiger partial charge in [0.05, 0.1) is 7.11 Å². The normalized spacial score (nSPS) is 10.2. The van der Waals surface area contributed by atoms with E-state index in [4.69, 9.17) is 4.74 Å². The highest BCUT2D eigenvalue weighted by Crippen LogP contribution is 2.27. The topological polar surface area (TPSA) is 22.1 Å². The first-order valence-corrected chi connectivity index (χ1v) is 4.98. The van der Waals surface area contributed by atoms with Gasteiger partial charge in [0.25, 0.3) is 0 Å². The van der Waals surface area contributed by atoms with Gasteiger partial charge in [-0.25, -0.2) is 4.39 Å². The number of pyridine rings is 1. The molecule has 82 valence electrons. The molecule has 3 heteroatoms. The molecule has 0 amide bonds. The third-order valence-corrected chi connectivity index (χ3v) is 2.47. The summed E-state index contributed by atoms with van der Waals surface area (Å²) in [5.74, 6) is 0.221. The molecule has 0 fully saturated rings. The molecule has 0 radical (unpaired) electrons. The summed E-state index contributed by atoms with van der Waals surface area (Å²) in [7, 11) is 1.52. The van der Waals surface area contributed by atoms with Crippen molar-refractivity contribution in [3.8, 4) is 16.9 Å². The molecular weight excluding hydrogens is 205 g/mol. The van der Waals surface area contributed by atoms with Gasteiger partial charge < -0.3 is 4.74 Å². The fourth-order valence-electron chi connectivity index (χ4n) is 1.61. The highest BCUT2D eigenvalue weighted by molar-refractivity contribution is 5.66. The molecule has 1 heterocycles. The Morgan fingerprint density at radius 1 is 1.19 bits per heavy atom. The summed E-state index contributed by atoms with van der Waals surface area (Å²) in [6.07, 6.45) is 1.69. The van der Waals surface area contributed by atoms with Gasteiger partial charge in [0.15, 0.2) is 0 Å². The van der Waals surface area contributed by atoms with Gasteiger partial charge in [-0.15, -0.1) is 0 Å². The number of halogens is 1. The van der Waals surface area contributed by atoms with Crippen molar-refractivity contribution in [2.45, 2.75) is 6.92 Å². The Bertz CT molecular complexity index is 511. The van der Waals surface area contributed by atoms with Crippen molar-refractivity contribution >= 4 is 0 Å². The van der Waals surface area contributed by atoms with Crippen LogP contribution in [0.25, 0.3) is 11.1 Å². The molecule has 0 spiro atoms. The van der Waals surface area contributed by atoms with Crippen molar-refractivity contribution in [2.24, 2.45) is 0 Å². The minimum atomic E-state index is -0.296. The maximum absolute atomic E-state index is 13.8. The molecule has 0 atom stereocenters. The molecule has 2 nitrogen and oxygen atoms in total. The Labute approximate surface area is 93.7 Å². The smallest absolute Gasteiger partial charge is 0.134 e. The summed E-state index contributed by atoms with van der Waals surface area (Å²) in [5.41, 5.74) is 2.17. The summed E-state index contributed by atoms with van der Waals surface area (Å²) in [6, 6.07) is 8.48. The minimum absolute atomic E-state index is 0.296. The third-order valence-electron chi connectivity index (χ3n) is 2.47. The average molecular weight is 217 g/mol. The van der Waals surface area contributed by atoms with Gasteiger partial charge in [-0.2, -0.15) is 0 Å². The quantitative estimate of drug-likeness (QED) is 0.770. The predicted octanol–water partition coefficient (Wildman–Crippen LogP) is 3.20. The lowest BCUT2D eigenvalue weighted by Crippen LogP contribution is -1.91. The lowest BCUT2D eigenvalue weighted by atomic mass is 10.0. The summed E-state index contributed by atoms with van der Waals surface area (Å²) in [6.45, 7) is 1.86. The number of nitrogens with zero attached hydrogens (tertiary/aromatic N) is 1. The molecule has 2 aromatic rings. The van der Waals surface area contributed by atoms with E-state index in [1.807, 2.05) is 13.0 Å². The summed E-state index contributed by atoms with van der Waals surface area (Å²) < 4.78 is 18.8. The van der Waals surface area contributed by atoms with E-state index in [-0.39, 0.29) is 5.82 Å². The van der Waals surface area contributed by atoms with Crippen molar-refractivity contribution in [3.05, 3.63) is 48.0 Å². The van der Waals surface area contributed by atoms with Crippen molar-refractivity contribution < 1.29 is 9.13 Å². The van der Waals surface area contributed by atoms with Crippen LogP contribution >= 0.6 is 0 Å². The van der Waals surface area contributed by atoms with Gasteiger partial charge in [0.1, 0.15) is 11.6 Å². The minimum Gasteiger partial charge on any atom is -0.497 e. The maximum atomic E-state index is 13.8. The zero-order chi connectivity index (χ0) is 11.5. The van der Waals surface area contributed by atoms with Crippen molar-refractivity contribution in [1.82, 2.24) is 4.98 Å². The van der Waals surface area contributed by atoms with Crippen LogP contribution in [0.2, 0.25) is 0 Å². The predicted molar refractivity (Wildman–Crippen MR) is 60.9 cm³/mol. The molecule has 0 aliphatic rings. The average Bonchev–Trinajstić information content (AvgIpc) is 2.30. The molecule has 0 unspecified atom stereocenters. The highest BCUT2D eigenvalue weighted by Gasteiger charge is 2.08. The summed E-state index contributed by atoms with van der Waals surface area (Å²) in [4.78, 5) is 4.14. The fourth-order valence-corrected chi connectivity index (χ4v) is 1.61. The van der Waals surface area contributed by atoms with Gasteiger partial charge in [0.2, 0.25) is 0 Å². The number of methoxy groups -OCH3 is 1. The number of benzene rings is 1. The highest BCUT2D eigenvalue weighted by atomic mass is 19.1. The second-order valence-corrected chi connectivity index (χ2v) is 3.48. The number of rotatable bonds is 2. The van der Waals surface area contributed by atoms with Crippen LogP contribution in [0.4, 0.5) is 4.39 Å². The number of ether oxygens (including phenoxy) is 1. The van der Waals surface area contributed by atoms with Gasteiger partial charge >= 0.3 is 0 Å². The van der Waals surface area contributed by atoms with Crippen molar-refractivity contribution in [3.63, 3.8) is 0 Å². The zero-order valence-electron chi connectivity index (χ0n) is 9.20. The molecular formula is C13H12FNO. The molecule has 2 rings (SSSR count). The maximum Gasteiger partial charge on any atom is 0.134 e. The Balaban J connectivity index is 2.53. The largest absolute Gasteiger partial charge is 0.497 e. The standard InChI is InChI=1S/C13H12FNO/c1-9-11(4-3-7-15-9)12-6-5-10(16-2)8-13(12)14/h3-8H,1-2H3. The Hall–Kier alpha value is -1.90. The molecule has 16 heavy (non-hydrogen) atoms. The first-order chi connectivity index (χ1) is 7.72. The van der Waals surface area contributed by atoms with Crippen molar-refractivity contribution in [2.75, 3.05) is 7.11 Å². The number of aryl methyl sites for hydroxylation is 1. The van der Waals surface area contributed by atoms with E-state index in [0.717, 1.165) is 11.3 Å². The van der Waals surface area contributed by atoms with Crippen LogP contribution in [0, 0.1) is 12.7 Å². The van der Waals surface area contributed by atoms with E-state index < -0.39 is 0 Å². The third kappa shape index (κ3) is 1.89. The molecule has 1 aromatic heterocycles. The Morgan fingerprint density at radius 3 is 2.62 bits per heavy atom. The van der Waals surface area contributed by atoms with Crippen LogP contribution < -0.4 is 4.74 Å². The van der Waals surface area contributed by atoms with Crippen LogP contribution in [0.5, 0.6) is 5.75 Å². The van der Waals surface area contributed by atoms with E-state index in [0.29, 0.717) is 11.3 Å². The van der Waals surface area contributed by atoms with Gasteiger partial charge in [-0.3, -0.25) is 4.98 Å². The van der Waals surface area contributed by atoms with E-state index in [2.05, 4.69) is 4.98 Å². The first kappa shape index (κ1) is 10.6. The van der Waals surface area contributed by atoms with Crippen LogP contribution in [-0.2, 0) is 0 Å². The van der Waals surface area contributed by atoms with E-state index in [1.54, 1.807) is 24.4 Å². The van der Waals surface area contributed by atoms with Crippen LogP contribution in [-0.4, -0.2) is 12.1 Å². The zero-order valence-corrected chi connectivity index (χ0v) is 9.20. The van der Waals surface area contributed by atoms with Gasteiger partial charge in [-0.1, -0.05) is 6.07 Å². The summed E-state index contributed by atoms with van der Waals surface area (Å²) >= 11 is 0. The monoisotopic (exact) mass is 217 g/mol. The molecule has 0 saturated carbocycles. The second kappa shape index (κ2) is 4.31. The number of hydrogen-bond acceptors (Lipinski definition) is 2. The summed E-state index contributed by atoms with van der Waals surface area (Å²) in [5, 5.41) is 0. The molecule has 0 aliphatic heterocycles. The molecule has 0 N–H and O–H groups in total. The SMILES string of the molecule is COc1ccc(-c2cccnc2C)c(F)c1. The van der Waals surface area contributed by atoms with E-state index in [9.17, 15) is 4.39 Å². The van der Waals surface area contributed by atoms with Crippen molar-refractivity contribution in [1.29, 1.82) is 0 Å². The fraction of sp³-hybridized carbons (Fsp3) is 0.154. The lowest BCUT2D eigenvalue weighted by molar-refractivity contribution is 0.411. The Kier molecular flexibility index (Phi) is 2.86. The molecule has 0 bridgehead atoms. The van der Waals surface area contributed by atoms with E-state index >= 15 is 0 Å².